The number of nitrogens with one attached hydrogen (secondary N) is 1. The number of aliphatic hydroxyl groups is 1. The number of benzene rings is 1. The van der Waals surface area contributed by atoms with E-state index in [0.717, 1.165) is 23.5 Å². The van der Waals surface area contributed by atoms with Crippen molar-refractivity contribution in [3.63, 3.8) is 0 Å². The first kappa shape index (κ1) is 16.8. The predicted octanol–water partition coefficient (Wildman–Crippen LogP) is 2.76. The molecule has 1 aromatic rings. The molecular formula is C16H27NO3. The van der Waals surface area contributed by atoms with Crippen molar-refractivity contribution in [1.82, 2.24) is 5.32 Å². The van der Waals surface area contributed by atoms with Crippen LogP contribution in [0.5, 0.6) is 11.5 Å². The van der Waals surface area contributed by atoms with Crippen molar-refractivity contribution >= 4 is 0 Å². The number of aliphatic hydroxyl groups excluding tert-OH is 1. The van der Waals surface area contributed by atoms with E-state index in [1.165, 1.54) is 0 Å². The van der Waals surface area contributed by atoms with Crippen molar-refractivity contribution in [3.8, 4) is 11.5 Å². The molecule has 2 atom stereocenters. The van der Waals surface area contributed by atoms with Crippen LogP contribution in [0, 0.1) is 5.92 Å². The van der Waals surface area contributed by atoms with Crippen LogP contribution in [0.3, 0.4) is 0 Å². The molecule has 0 saturated heterocycles. The Morgan fingerprint density at radius 1 is 1.15 bits per heavy atom. The molecule has 0 aliphatic heterocycles. The number of methoxy groups -OCH3 is 2. The monoisotopic (exact) mass is 281 g/mol. The number of rotatable bonds is 8. The van der Waals surface area contributed by atoms with Crippen LogP contribution < -0.4 is 14.8 Å². The highest BCUT2D eigenvalue weighted by atomic mass is 16.5. The van der Waals surface area contributed by atoms with Crippen molar-refractivity contribution in [3.05, 3.63) is 23.8 Å². The minimum absolute atomic E-state index is 0.0908. The van der Waals surface area contributed by atoms with E-state index < -0.39 is 0 Å². The highest BCUT2D eigenvalue weighted by Gasteiger charge is 2.19. The third kappa shape index (κ3) is 4.12. The molecule has 0 heterocycles. The van der Waals surface area contributed by atoms with E-state index in [1.807, 2.05) is 18.2 Å². The zero-order valence-electron chi connectivity index (χ0n) is 13.1. The molecular weight excluding hydrogens is 254 g/mol. The lowest BCUT2D eigenvalue weighted by molar-refractivity contribution is 0.198. The fraction of sp³-hybridized carbons (Fsp3) is 0.625. The Morgan fingerprint density at radius 2 is 1.80 bits per heavy atom. The molecule has 0 spiro atoms. The van der Waals surface area contributed by atoms with Crippen molar-refractivity contribution in [1.29, 1.82) is 0 Å². The first-order valence-electron chi connectivity index (χ1n) is 7.16. The van der Waals surface area contributed by atoms with Gasteiger partial charge in [-0.3, -0.25) is 0 Å². The summed E-state index contributed by atoms with van der Waals surface area (Å²) in [5.74, 6) is 1.85. The SMILES string of the molecule is CCC(N[C@H](CO)C(C)C)c1ccc(OC)c(OC)c1. The Labute approximate surface area is 122 Å². The molecule has 0 radical (unpaired) electrons. The maximum Gasteiger partial charge on any atom is 0.161 e. The second-order valence-corrected chi connectivity index (χ2v) is 5.28. The number of hydrogen-bond acceptors (Lipinski definition) is 4. The Hall–Kier alpha value is -1.26. The van der Waals surface area contributed by atoms with Crippen molar-refractivity contribution < 1.29 is 14.6 Å². The number of ether oxygens (including phenoxy) is 2. The molecule has 4 heteroatoms. The van der Waals surface area contributed by atoms with Crippen LogP contribution in [0.1, 0.15) is 38.8 Å². The quantitative estimate of drug-likeness (QED) is 0.769. The molecule has 0 bridgehead atoms. The summed E-state index contributed by atoms with van der Waals surface area (Å²) in [6.07, 6.45) is 0.943. The maximum absolute atomic E-state index is 9.46. The molecule has 0 amide bonds. The zero-order chi connectivity index (χ0) is 15.1. The van der Waals surface area contributed by atoms with E-state index in [2.05, 4.69) is 26.1 Å². The number of hydrogen-bond donors (Lipinski definition) is 2. The lowest BCUT2D eigenvalue weighted by Crippen LogP contribution is -2.39. The summed E-state index contributed by atoms with van der Waals surface area (Å²) in [7, 11) is 3.27. The minimum atomic E-state index is 0.0908. The Kier molecular flexibility index (Phi) is 6.82. The van der Waals surface area contributed by atoms with Crippen molar-refractivity contribution in [2.75, 3.05) is 20.8 Å². The van der Waals surface area contributed by atoms with E-state index in [9.17, 15) is 5.11 Å². The average molecular weight is 281 g/mol. The second kappa shape index (κ2) is 8.12. The predicted molar refractivity (Wildman–Crippen MR) is 81.4 cm³/mol. The van der Waals surface area contributed by atoms with Gasteiger partial charge in [0.1, 0.15) is 0 Å². The van der Waals surface area contributed by atoms with Gasteiger partial charge in [0.2, 0.25) is 0 Å². The Balaban J connectivity index is 2.94. The van der Waals surface area contributed by atoms with Gasteiger partial charge in [0.15, 0.2) is 11.5 Å². The first-order chi connectivity index (χ1) is 9.57. The molecule has 0 aromatic heterocycles. The van der Waals surface area contributed by atoms with E-state index in [-0.39, 0.29) is 18.7 Å². The third-order valence-corrected chi connectivity index (χ3v) is 3.63. The lowest BCUT2D eigenvalue weighted by Gasteiger charge is -2.27. The molecule has 0 fully saturated rings. The molecule has 1 aromatic carbocycles. The summed E-state index contributed by atoms with van der Waals surface area (Å²) in [6.45, 7) is 6.48. The van der Waals surface area contributed by atoms with Crippen LogP contribution in [0.4, 0.5) is 0 Å². The van der Waals surface area contributed by atoms with E-state index in [4.69, 9.17) is 9.47 Å². The van der Waals surface area contributed by atoms with Crippen LogP contribution in [-0.4, -0.2) is 32.0 Å². The normalized spacial score (nSPS) is 14.2. The molecule has 0 aliphatic rings. The third-order valence-electron chi connectivity index (χ3n) is 3.63. The molecule has 0 aliphatic carbocycles. The van der Waals surface area contributed by atoms with Crippen LogP contribution in [0.25, 0.3) is 0 Å². The molecule has 4 nitrogen and oxygen atoms in total. The van der Waals surface area contributed by atoms with Gasteiger partial charge in [0.25, 0.3) is 0 Å². The zero-order valence-corrected chi connectivity index (χ0v) is 13.1. The Morgan fingerprint density at radius 3 is 2.25 bits per heavy atom. The molecule has 0 saturated carbocycles. The molecule has 114 valence electrons. The largest absolute Gasteiger partial charge is 0.493 e. The fourth-order valence-electron chi connectivity index (χ4n) is 2.23. The summed E-state index contributed by atoms with van der Waals surface area (Å²) in [5.41, 5.74) is 1.14. The lowest BCUT2D eigenvalue weighted by atomic mass is 9.99. The summed E-state index contributed by atoms with van der Waals surface area (Å²) in [5, 5.41) is 13.0. The van der Waals surface area contributed by atoms with Crippen molar-refractivity contribution in [2.45, 2.75) is 39.3 Å². The van der Waals surface area contributed by atoms with E-state index in [1.54, 1.807) is 14.2 Å². The molecule has 20 heavy (non-hydrogen) atoms. The topological polar surface area (TPSA) is 50.7 Å². The van der Waals surface area contributed by atoms with Gasteiger partial charge in [-0.05, 0) is 30.0 Å². The van der Waals surface area contributed by atoms with Gasteiger partial charge in [-0.15, -0.1) is 0 Å². The van der Waals surface area contributed by atoms with Gasteiger partial charge < -0.3 is 19.9 Å². The van der Waals surface area contributed by atoms with Crippen LogP contribution in [0.15, 0.2) is 18.2 Å². The average Bonchev–Trinajstić information content (AvgIpc) is 2.47. The summed E-state index contributed by atoms with van der Waals surface area (Å²) >= 11 is 0. The van der Waals surface area contributed by atoms with E-state index in [0.29, 0.717) is 5.92 Å². The minimum Gasteiger partial charge on any atom is -0.493 e. The smallest absolute Gasteiger partial charge is 0.161 e. The summed E-state index contributed by atoms with van der Waals surface area (Å²) in [6, 6.07) is 6.23. The highest BCUT2D eigenvalue weighted by molar-refractivity contribution is 5.43. The second-order valence-electron chi connectivity index (χ2n) is 5.28. The summed E-state index contributed by atoms with van der Waals surface area (Å²) < 4.78 is 10.6. The standard InChI is InChI=1S/C16H27NO3/c1-6-13(17-14(10-18)11(2)3)12-7-8-15(19-4)16(9-12)20-5/h7-9,11,13-14,17-18H,6,10H2,1-5H3/t13?,14-/m1/s1. The van der Waals surface area contributed by atoms with Crippen LogP contribution >= 0.6 is 0 Å². The van der Waals surface area contributed by atoms with Gasteiger partial charge in [-0.2, -0.15) is 0 Å². The summed E-state index contributed by atoms with van der Waals surface area (Å²) in [4.78, 5) is 0. The van der Waals surface area contributed by atoms with Gasteiger partial charge in [0.05, 0.1) is 20.8 Å². The molecule has 1 unspecified atom stereocenters. The maximum atomic E-state index is 9.46. The van der Waals surface area contributed by atoms with E-state index >= 15 is 0 Å². The van der Waals surface area contributed by atoms with Gasteiger partial charge in [0, 0.05) is 12.1 Å². The Bertz CT molecular complexity index is 407. The highest BCUT2D eigenvalue weighted by Crippen LogP contribution is 2.31. The van der Waals surface area contributed by atoms with Gasteiger partial charge in [-0.1, -0.05) is 26.8 Å². The van der Waals surface area contributed by atoms with Crippen LogP contribution in [0.2, 0.25) is 0 Å². The van der Waals surface area contributed by atoms with Gasteiger partial charge >= 0.3 is 0 Å². The first-order valence-corrected chi connectivity index (χ1v) is 7.16. The van der Waals surface area contributed by atoms with Gasteiger partial charge in [-0.25, -0.2) is 0 Å². The van der Waals surface area contributed by atoms with Crippen molar-refractivity contribution in [2.24, 2.45) is 5.92 Å². The molecule has 1 rings (SSSR count). The fourth-order valence-corrected chi connectivity index (χ4v) is 2.23. The molecule has 2 N–H and O–H groups in total. The van der Waals surface area contributed by atoms with Crippen LogP contribution in [-0.2, 0) is 0 Å².